The molecule has 1 N–H and O–H groups in total. The van der Waals surface area contributed by atoms with Crippen LogP contribution < -0.4 is 10.1 Å². The van der Waals surface area contributed by atoms with Crippen LogP contribution in [0.2, 0.25) is 0 Å². The Kier molecular flexibility index (Phi) is 3.27. The van der Waals surface area contributed by atoms with Gasteiger partial charge in [-0.2, -0.15) is 0 Å². The molecule has 0 aliphatic rings. The maximum atomic E-state index is 5.19. The summed E-state index contributed by atoms with van der Waals surface area (Å²) in [4.78, 5) is 0. The van der Waals surface area contributed by atoms with Crippen LogP contribution in [0.5, 0.6) is 5.75 Å². The zero-order valence-electron chi connectivity index (χ0n) is 10.3. The van der Waals surface area contributed by atoms with Crippen LogP contribution in [0.3, 0.4) is 0 Å². The first kappa shape index (κ1) is 11.4. The second kappa shape index (κ2) is 4.86. The molecule has 1 aromatic heterocycles. The van der Waals surface area contributed by atoms with Crippen LogP contribution in [0.25, 0.3) is 0 Å². The third-order valence-corrected chi connectivity index (χ3v) is 2.69. The summed E-state index contributed by atoms with van der Waals surface area (Å²) in [6, 6.07) is 7.96. The van der Waals surface area contributed by atoms with E-state index in [0.717, 1.165) is 29.5 Å². The van der Waals surface area contributed by atoms with E-state index in [1.54, 1.807) is 7.11 Å². The topological polar surface area (TPSA) is 52.0 Å². The Balaban J connectivity index is 2.22. The Morgan fingerprint density at radius 2 is 2.18 bits per heavy atom. The quantitative estimate of drug-likeness (QED) is 0.867. The van der Waals surface area contributed by atoms with Gasteiger partial charge >= 0.3 is 0 Å². The largest absolute Gasteiger partial charge is 0.497 e. The zero-order chi connectivity index (χ0) is 12.3. The first-order valence-electron chi connectivity index (χ1n) is 5.43. The highest BCUT2D eigenvalue weighted by Crippen LogP contribution is 2.16. The number of benzene rings is 1. The molecule has 5 heteroatoms. The van der Waals surface area contributed by atoms with Crippen molar-refractivity contribution in [2.24, 2.45) is 7.05 Å². The van der Waals surface area contributed by atoms with Crippen molar-refractivity contribution >= 4 is 5.95 Å². The van der Waals surface area contributed by atoms with Gasteiger partial charge in [0, 0.05) is 20.5 Å². The van der Waals surface area contributed by atoms with Gasteiger partial charge in [-0.3, -0.25) is 0 Å². The third kappa shape index (κ3) is 2.38. The van der Waals surface area contributed by atoms with Gasteiger partial charge in [0.25, 0.3) is 0 Å². The number of methoxy groups -OCH3 is 1. The first-order valence-corrected chi connectivity index (χ1v) is 5.43. The molecule has 0 aliphatic carbocycles. The molecule has 5 nitrogen and oxygen atoms in total. The fourth-order valence-electron chi connectivity index (χ4n) is 1.70. The lowest BCUT2D eigenvalue weighted by Gasteiger charge is -2.05. The summed E-state index contributed by atoms with van der Waals surface area (Å²) in [6.07, 6.45) is 0.738. The third-order valence-electron chi connectivity index (χ3n) is 2.69. The lowest BCUT2D eigenvalue weighted by atomic mass is 10.1. The molecule has 0 atom stereocenters. The van der Waals surface area contributed by atoms with Crippen molar-refractivity contribution in [3.8, 4) is 5.75 Å². The Bertz CT molecular complexity index is 507. The highest BCUT2D eigenvalue weighted by Gasteiger charge is 2.07. The lowest BCUT2D eigenvalue weighted by molar-refractivity contribution is 0.414. The predicted octanol–water partition coefficient (Wildman–Crippen LogP) is 1.46. The maximum absolute atomic E-state index is 5.19. The Morgan fingerprint density at radius 3 is 2.82 bits per heavy atom. The molecule has 0 unspecified atom stereocenters. The molecule has 90 valence electrons. The second-order valence-corrected chi connectivity index (χ2v) is 3.78. The molecule has 0 aliphatic heterocycles. The van der Waals surface area contributed by atoms with Gasteiger partial charge in [0.05, 0.1) is 7.11 Å². The van der Waals surface area contributed by atoms with Crippen molar-refractivity contribution in [1.82, 2.24) is 14.8 Å². The highest BCUT2D eigenvalue weighted by molar-refractivity contribution is 5.31. The number of rotatable bonds is 4. The van der Waals surface area contributed by atoms with Crippen LogP contribution in [0.15, 0.2) is 24.3 Å². The van der Waals surface area contributed by atoms with Crippen LogP contribution in [-0.4, -0.2) is 28.9 Å². The van der Waals surface area contributed by atoms with Crippen molar-refractivity contribution in [2.75, 3.05) is 19.5 Å². The van der Waals surface area contributed by atoms with Crippen LogP contribution >= 0.6 is 0 Å². The van der Waals surface area contributed by atoms with E-state index in [9.17, 15) is 0 Å². The molecular weight excluding hydrogens is 216 g/mol. The van der Waals surface area contributed by atoms with Crippen molar-refractivity contribution < 1.29 is 4.74 Å². The van der Waals surface area contributed by atoms with Gasteiger partial charge in [0.1, 0.15) is 11.6 Å². The minimum absolute atomic E-state index is 0.738. The number of hydrogen-bond acceptors (Lipinski definition) is 4. The SMILES string of the molecule is CNc1nnc(Cc2cccc(OC)c2)n1C. The second-order valence-electron chi connectivity index (χ2n) is 3.78. The summed E-state index contributed by atoms with van der Waals surface area (Å²) in [7, 11) is 5.45. The molecule has 0 spiro atoms. The molecule has 0 amide bonds. The average molecular weight is 232 g/mol. The molecule has 1 heterocycles. The molecule has 2 aromatic rings. The van der Waals surface area contributed by atoms with E-state index in [-0.39, 0.29) is 0 Å². The first-order chi connectivity index (χ1) is 8.24. The van der Waals surface area contributed by atoms with Gasteiger partial charge in [0.15, 0.2) is 0 Å². The van der Waals surface area contributed by atoms with Gasteiger partial charge in [-0.1, -0.05) is 12.1 Å². The molecule has 17 heavy (non-hydrogen) atoms. The van der Waals surface area contributed by atoms with Gasteiger partial charge in [0.2, 0.25) is 5.95 Å². The van der Waals surface area contributed by atoms with Gasteiger partial charge < -0.3 is 14.6 Å². The predicted molar refractivity (Wildman–Crippen MR) is 66.3 cm³/mol. The van der Waals surface area contributed by atoms with E-state index in [0.29, 0.717) is 0 Å². The van der Waals surface area contributed by atoms with Crippen LogP contribution in [0, 0.1) is 0 Å². The van der Waals surface area contributed by atoms with E-state index in [1.165, 1.54) is 0 Å². The van der Waals surface area contributed by atoms with Gasteiger partial charge in [-0.05, 0) is 17.7 Å². The van der Waals surface area contributed by atoms with E-state index in [4.69, 9.17) is 4.74 Å². The summed E-state index contributed by atoms with van der Waals surface area (Å²) < 4.78 is 7.14. The van der Waals surface area contributed by atoms with E-state index in [2.05, 4.69) is 21.6 Å². The Morgan fingerprint density at radius 1 is 1.35 bits per heavy atom. The van der Waals surface area contributed by atoms with E-state index in [1.807, 2.05) is 36.9 Å². The number of aromatic nitrogens is 3. The smallest absolute Gasteiger partial charge is 0.224 e. The Hall–Kier alpha value is -2.04. The summed E-state index contributed by atoms with van der Waals surface area (Å²) in [5.41, 5.74) is 1.16. The Labute approximate surface area is 100 Å². The molecule has 1 aromatic carbocycles. The van der Waals surface area contributed by atoms with Crippen molar-refractivity contribution in [3.05, 3.63) is 35.7 Å². The van der Waals surface area contributed by atoms with Crippen molar-refractivity contribution in [2.45, 2.75) is 6.42 Å². The van der Waals surface area contributed by atoms with Crippen molar-refractivity contribution in [1.29, 1.82) is 0 Å². The maximum Gasteiger partial charge on any atom is 0.224 e. The molecule has 0 saturated heterocycles. The van der Waals surface area contributed by atoms with E-state index < -0.39 is 0 Å². The summed E-state index contributed by atoms with van der Waals surface area (Å²) in [5.74, 6) is 2.55. The number of anilines is 1. The minimum atomic E-state index is 0.738. The minimum Gasteiger partial charge on any atom is -0.497 e. The monoisotopic (exact) mass is 232 g/mol. The van der Waals surface area contributed by atoms with Gasteiger partial charge in [-0.25, -0.2) is 0 Å². The van der Waals surface area contributed by atoms with Crippen molar-refractivity contribution in [3.63, 3.8) is 0 Å². The molecule has 0 fully saturated rings. The van der Waals surface area contributed by atoms with Crippen LogP contribution in [0.4, 0.5) is 5.95 Å². The fourth-order valence-corrected chi connectivity index (χ4v) is 1.70. The van der Waals surface area contributed by atoms with Crippen LogP contribution in [0.1, 0.15) is 11.4 Å². The van der Waals surface area contributed by atoms with E-state index >= 15 is 0 Å². The molecule has 0 bridgehead atoms. The highest BCUT2D eigenvalue weighted by atomic mass is 16.5. The summed E-state index contributed by atoms with van der Waals surface area (Å²) in [5, 5.41) is 11.2. The summed E-state index contributed by atoms with van der Waals surface area (Å²) in [6.45, 7) is 0. The zero-order valence-corrected chi connectivity index (χ0v) is 10.3. The fraction of sp³-hybridized carbons (Fsp3) is 0.333. The average Bonchev–Trinajstić information content (AvgIpc) is 2.71. The van der Waals surface area contributed by atoms with Crippen LogP contribution in [-0.2, 0) is 13.5 Å². The molecule has 0 radical (unpaired) electrons. The molecule has 0 saturated carbocycles. The number of nitrogens with zero attached hydrogens (tertiary/aromatic N) is 3. The normalized spacial score (nSPS) is 10.3. The van der Waals surface area contributed by atoms with Gasteiger partial charge in [-0.15, -0.1) is 10.2 Å². The molecule has 2 rings (SSSR count). The lowest BCUT2D eigenvalue weighted by Crippen LogP contribution is -2.03. The number of ether oxygens (including phenoxy) is 1. The number of nitrogens with one attached hydrogen (secondary N) is 1. The summed E-state index contributed by atoms with van der Waals surface area (Å²) >= 11 is 0. The number of hydrogen-bond donors (Lipinski definition) is 1. The molecular formula is C12H16N4O. The standard InChI is InChI=1S/C12H16N4O/c1-13-12-15-14-11(16(12)2)8-9-5-4-6-10(7-9)17-3/h4-7H,8H2,1-3H3,(H,13,15).